The van der Waals surface area contributed by atoms with Crippen LogP contribution in [-0.2, 0) is 11.3 Å². The van der Waals surface area contributed by atoms with Crippen LogP contribution in [0.2, 0.25) is 0 Å². The lowest BCUT2D eigenvalue weighted by molar-refractivity contribution is -0.917. The van der Waals surface area contributed by atoms with E-state index in [2.05, 4.69) is 4.98 Å². The molecule has 0 aliphatic carbocycles. The Morgan fingerprint density at radius 2 is 2.05 bits per heavy atom. The van der Waals surface area contributed by atoms with Crippen LogP contribution < -0.4 is 10.5 Å². The molecule has 0 spiro atoms. The van der Waals surface area contributed by atoms with Gasteiger partial charge in [-0.25, -0.2) is 4.98 Å². The highest BCUT2D eigenvalue weighted by molar-refractivity contribution is 5.73. The predicted octanol–water partition coefficient (Wildman–Crippen LogP) is -0.750. The van der Waals surface area contributed by atoms with Crippen LogP contribution in [0.5, 0.6) is 0 Å². The van der Waals surface area contributed by atoms with E-state index in [1.165, 1.54) is 4.90 Å². The Bertz CT molecular complexity index is 760. The van der Waals surface area contributed by atoms with Gasteiger partial charge in [-0.05, 0) is 18.6 Å². The predicted molar refractivity (Wildman–Crippen MR) is 82.9 cm³/mol. The molecular weight excluding hydrogens is 280 g/mol. The van der Waals surface area contributed by atoms with Crippen molar-refractivity contribution in [2.24, 2.45) is 0 Å². The minimum Gasteiger partial charge on any atom is -0.332 e. The summed E-state index contributed by atoms with van der Waals surface area (Å²) in [4.78, 5) is 31.4. The number of nitrogens with one attached hydrogen (secondary N) is 1. The van der Waals surface area contributed by atoms with Crippen LogP contribution in [0.4, 0.5) is 0 Å². The first-order valence-electron chi connectivity index (χ1n) is 7.61. The highest BCUT2D eigenvalue weighted by atomic mass is 16.2. The monoisotopic (exact) mass is 301 g/mol. The number of hydrogen-bond donors (Lipinski definition) is 1. The number of rotatable bonds is 2. The molecule has 6 nitrogen and oxygen atoms in total. The van der Waals surface area contributed by atoms with E-state index in [0.29, 0.717) is 5.65 Å². The summed E-state index contributed by atoms with van der Waals surface area (Å²) in [6.07, 6.45) is 1.81. The number of quaternary nitrogens is 1. The standard InChI is InChI=1S/C16H20N4O2/c1-12-3-4-15-17-14(9-16(22)20(15)10-12)11-18-5-7-19(8-6-18)13(2)21/h3-4,9-10H,5-8,11H2,1-2H3/p+1. The van der Waals surface area contributed by atoms with Crippen LogP contribution in [0.1, 0.15) is 18.2 Å². The van der Waals surface area contributed by atoms with Gasteiger partial charge in [0, 0.05) is 19.2 Å². The maximum atomic E-state index is 12.2. The Morgan fingerprint density at radius 3 is 2.73 bits per heavy atom. The first kappa shape index (κ1) is 14.7. The fraction of sp³-hybridized carbons (Fsp3) is 0.438. The molecule has 1 aliphatic rings. The van der Waals surface area contributed by atoms with Gasteiger partial charge in [0.05, 0.1) is 26.2 Å². The molecular formula is C16H21N4O2+. The SMILES string of the molecule is CC(=O)N1CC[NH+](Cc2cc(=O)n3cc(C)ccc3n2)CC1. The van der Waals surface area contributed by atoms with Gasteiger partial charge in [-0.15, -0.1) is 0 Å². The van der Waals surface area contributed by atoms with E-state index in [4.69, 9.17) is 0 Å². The molecule has 0 unspecified atom stereocenters. The third-order valence-electron chi connectivity index (χ3n) is 4.21. The maximum absolute atomic E-state index is 12.2. The van der Waals surface area contributed by atoms with Crippen molar-refractivity contribution in [3.05, 3.63) is 46.0 Å². The molecule has 0 saturated carbocycles. The first-order valence-corrected chi connectivity index (χ1v) is 7.61. The lowest BCUT2D eigenvalue weighted by atomic mass is 10.2. The highest BCUT2D eigenvalue weighted by Crippen LogP contribution is 2.02. The van der Waals surface area contributed by atoms with Crippen LogP contribution in [0, 0.1) is 6.92 Å². The van der Waals surface area contributed by atoms with E-state index in [9.17, 15) is 9.59 Å². The summed E-state index contributed by atoms with van der Waals surface area (Å²) in [5.41, 5.74) is 2.51. The molecule has 0 atom stereocenters. The molecule has 116 valence electrons. The quantitative estimate of drug-likeness (QED) is 0.794. The van der Waals surface area contributed by atoms with Gasteiger partial charge in [0.1, 0.15) is 17.9 Å². The molecule has 0 bridgehead atoms. The van der Waals surface area contributed by atoms with Crippen LogP contribution in [-0.4, -0.2) is 46.4 Å². The van der Waals surface area contributed by atoms with E-state index >= 15 is 0 Å². The Labute approximate surface area is 129 Å². The largest absolute Gasteiger partial charge is 0.332 e. The number of aryl methyl sites for hydroxylation is 1. The zero-order valence-corrected chi connectivity index (χ0v) is 13.0. The molecule has 0 radical (unpaired) electrons. The fourth-order valence-electron chi connectivity index (χ4n) is 2.92. The summed E-state index contributed by atoms with van der Waals surface area (Å²) < 4.78 is 1.59. The Balaban J connectivity index is 1.76. The van der Waals surface area contributed by atoms with Crippen molar-refractivity contribution in [3.63, 3.8) is 0 Å². The number of carbonyl (C=O) groups is 1. The second kappa shape index (κ2) is 5.88. The van der Waals surface area contributed by atoms with Crippen LogP contribution in [0.3, 0.4) is 0 Å². The third-order valence-corrected chi connectivity index (χ3v) is 4.21. The van der Waals surface area contributed by atoms with Gasteiger partial charge in [0.15, 0.2) is 0 Å². The Hall–Kier alpha value is -2.21. The van der Waals surface area contributed by atoms with E-state index < -0.39 is 0 Å². The maximum Gasteiger partial charge on any atom is 0.258 e. The van der Waals surface area contributed by atoms with Crippen LogP contribution >= 0.6 is 0 Å². The molecule has 1 saturated heterocycles. The van der Waals surface area contributed by atoms with Crippen molar-refractivity contribution < 1.29 is 9.69 Å². The molecule has 1 aliphatic heterocycles. The molecule has 1 fully saturated rings. The molecule has 22 heavy (non-hydrogen) atoms. The summed E-state index contributed by atoms with van der Waals surface area (Å²) in [6, 6.07) is 5.46. The van der Waals surface area contributed by atoms with Gasteiger partial charge >= 0.3 is 0 Å². The van der Waals surface area contributed by atoms with Crippen molar-refractivity contribution >= 4 is 11.6 Å². The summed E-state index contributed by atoms with van der Waals surface area (Å²) in [5.74, 6) is 0.136. The average Bonchev–Trinajstić information content (AvgIpc) is 2.49. The molecule has 2 aromatic heterocycles. The molecule has 1 amide bonds. The zero-order chi connectivity index (χ0) is 15.7. The molecule has 0 aromatic carbocycles. The third kappa shape index (κ3) is 3.01. The summed E-state index contributed by atoms with van der Waals surface area (Å²) in [6.45, 7) is 7.64. The smallest absolute Gasteiger partial charge is 0.258 e. The summed E-state index contributed by atoms with van der Waals surface area (Å²) in [5, 5.41) is 0. The van der Waals surface area contributed by atoms with Gasteiger partial charge in [0.2, 0.25) is 5.91 Å². The zero-order valence-electron chi connectivity index (χ0n) is 13.0. The number of carbonyl (C=O) groups excluding carboxylic acids is 1. The van der Waals surface area contributed by atoms with Gasteiger partial charge in [-0.1, -0.05) is 6.07 Å². The molecule has 1 N–H and O–H groups in total. The van der Waals surface area contributed by atoms with E-state index in [0.717, 1.165) is 44.0 Å². The number of piperazine rings is 1. The van der Waals surface area contributed by atoms with E-state index in [1.807, 2.05) is 30.2 Å². The molecule has 3 rings (SSSR count). The molecule has 3 heterocycles. The topological polar surface area (TPSA) is 59.1 Å². The van der Waals surface area contributed by atoms with Gasteiger partial charge in [-0.3, -0.25) is 14.0 Å². The van der Waals surface area contributed by atoms with E-state index in [-0.39, 0.29) is 11.5 Å². The van der Waals surface area contributed by atoms with Crippen molar-refractivity contribution in [2.75, 3.05) is 26.2 Å². The number of amides is 1. The first-order chi connectivity index (χ1) is 10.5. The number of pyridine rings is 1. The normalized spacial score (nSPS) is 16.2. The number of aromatic nitrogens is 2. The lowest BCUT2D eigenvalue weighted by Gasteiger charge is -2.31. The summed E-state index contributed by atoms with van der Waals surface area (Å²) >= 11 is 0. The Kier molecular flexibility index (Phi) is 3.94. The van der Waals surface area contributed by atoms with Gasteiger partial charge in [0.25, 0.3) is 5.56 Å². The van der Waals surface area contributed by atoms with Crippen molar-refractivity contribution in [1.29, 1.82) is 0 Å². The molecule has 2 aromatic rings. The van der Waals surface area contributed by atoms with Crippen molar-refractivity contribution in [3.8, 4) is 0 Å². The lowest BCUT2D eigenvalue weighted by Crippen LogP contribution is -3.13. The molecule has 6 heteroatoms. The van der Waals surface area contributed by atoms with Crippen molar-refractivity contribution in [2.45, 2.75) is 20.4 Å². The second-order valence-electron chi connectivity index (χ2n) is 5.95. The average molecular weight is 301 g/mol. The summed E-state index contributed by atoms with van der Waals surface area (Å²) in [7, 11) is 0. The second-order valence-corrected chi connectivity index (χ2v) is 5.95. The minimum atomic E-state index is -0.0366. The van der Waals surface area contributed by atoms with Crippen LogP contribution in [0.15, 0.2) is 29.2 Å². The van der Waals surface area contributed by atoms with E-state index in [1.54, 1.807) is 17.4 Å². The Morgan fingerprint density at radius 1 is 1.32 bits per heavy atom. The van der Waals surface area contributed by atoms with Crippen LogP contribution in [0.25, 0.3) is 5.65 Å². The highest BCUT2D eigenvalue weighted by Gasteiger charge is 2.22. The van der Waals surface area contributed by atoms with Gasteiger partial charge in [-0.2, -0.15) is 0 Å². The number of nitrogens with zero attached hydrogens (tertiary/aromatic N) is 3. The fourth-order valence-corrected chi connectivity index (χ4v) is 2.92. The minimum absolute atomic E-state index is 0.0366. The van der Waals surface area contributed by atoms with Crippen molar-refractivity contribution in [1.82, 2.24) is 14.3 Å². The number of hydrogen-bond acceptors (Lipinski definition) is 3. The van der Waals surface area contributed by atoms with Gasteiger partial charge < -0.3 is 9.80 Å². The number of fused-ring (bicyclic) bond motifs is 1.